The number of hydroxylamine groups is 3. The van der Waals surface area contributed by atoms with Gasteiger partial charge in [0.25, 0.3) is 0 Å². The number of nitrogens with zero attached hydrogens (tertiary/aromatic N) is 1. The van der Waals surface area contributed by atoms with Crippen molar-refractivity contribution in [2.45, 2.75) is 0 Å². The Morgan fingerprint density at radius 1 is 1.67 bits per heavy atom. The van der Waals surface area contributed by atoms with Crippen molar-refractivity contribution in [3.05, 3.63) is 5.21 Å². The molecule has 0 aromatic heterocycles. The molecule has 6 heavy (non-hydrogen) atoms. The zero-order chi connectivity index (χ0) is 4.62. The summed E-state index contributed by atoms with van der Waals surface area (Å²) in [5.41, 5.74) is 1.86. The molecule has 0 aromatic rings. The van der Waals surface area contributed by atoms with Crippen LogP contribution in [0.4, 0.5) is 0 Å². The van der Waals surface area contributed by atoms with E-state index < -0.39 is 4.97 Å². The first-order valence-electron chi connectivity index (χ1n) is 1.40. The fraction of sp³-hybridized carbons (Fsp3) is 1.00. The van der Waals surface area contributed by atoms with Gasteiger partial charge in [0.05, 0.1) is 0 Å². The van der Waals surface area contributed by atoms with Crippen LogP contribution in [0.15, 0.2) is 0 Å². The monoisotopic (exact) mass is 92.0 g/mol. The first-order valence-corrected chi connectivity index (χ1v) is 1.40. The summed E-state index contributed by atoms with van der Waals surface area (Å²) in [6.07, 6.45) is 0. The third-order valence-corrected chi connectivity index (χ3v) is 0.406. The first-order chi connectivity index (χ1) is 2.71. The van der Waals surface area contributed by atoms with Crippen LogP contribution in [0.25, 0.3) is 0 Å². The lowest BCUT2D eigenvalue weighted by atomic mass is 11.5. The van der Waals surface area contributed by atoms with Gasteiger partial charge < -0.3 is 5.21 Å². The quantitative estimate of drug-likeness (QED) is 0.315. The van der Waals surface area contributed by atoms with Crippen LogP contribution in [0.5, 0.6) is 0 Å². The molecular formula is CH4N2O3. The third-order valence-electron chi connectivity index (χ3n) is 0.406. The van der Waals surface area contributed by atoms with Crippen LogP contribution in [0.2, 0.25) is 0 Å². The van der Waals surface area contributed by atoms with E-state index in [0.717, 1.165) is 0 Å². The molecule has 1 saturated heterocycles. The standard InChI is InChI=1S/CH4N2O3/c1-3(4)5-2-6-3/h2H,1H3. The Morgan fingerprint density at radius 3 is 2.00 bits per heavy atom. The highest BCUT2D eigenvalue weighted by Gasteiger charge is 2.25. The number of nitrogens with one attached hydrogen (secondary N) is 1. The van der Waals surface area contributed by atoms with Gasteiger partial charge in [-0.25, -0.2) is 0 Å². The molecule has 0 bridgehead atoms. The van der Waals surface area contributed by atoms with Gasteiger partial charge in [0, 0.05) is 5.64 Å². The fourth-order valence-electron chi connectivity index (χ4n) is 0.142. The molecule has 1 N–H and O–H groups in total. The minimum Gasteiger partial charge on any atom is -0.561 e. The maximum Gasteiger partial charge on any atom is 0.136 e. The van der Waals surface area contributed by atoms with E-state index in [1.165, 1.54) is 7.05 Å². The molecule has 1 aliphatic rings. The molecule has 36 valence electrons. The second kappa shape index (κ2) is 0.895. The van der Waals surface area contributed by atoms with Crippen molar-refractivity contribution in [2.24, 2.45) is 0 Å². The average molecular weight is 92.1 g/mol. The van der Waals surface area contributed by atoms with Crippen molar-refractivity contribution in [1.29, 1.82) is 0 Å². The Hall–Kier alpha value is -0.200. The van der Waals surface area contributed by atoms with Crippen molar-refractivity contribution < 1.29 is 14.8 Å². The molecule has 0 spiro atoms. The summed E-state index contributed by atoms with van der Waals surface area (Å²) in [7, 11) is 1.20. The van der Waals surface area contributed by atoms with Gasteiger partial charge in [-0.05, 0) is 14.8 Å². The number of hydrogen-bond acceptors (Lipinski definition) is 4. The molecule has 0 saturated carbocycles. The van der Waals surface area contributed by atoms with Crippen LogP contribution in [0, 0.1) is 5.21 Å². The van der Waals surface area contributed by atoms with E-state index in [0.29, 0.717) is 0 Å². The van der Waals surface area contributed by atoms with E-state index >= 15 is 0 Å². The average Bonchev–Trinajstić information content (AvgIpc) is 1.32. The molecule has 1 aliphatic heterocycles. The van der Waals surface area contributed by atoms with Crippen molar-refractivity contribution in [3.63, 3.8) is 0 Å². The lowest BCUT2D eigenvalue weighted by molar-refractivity contribution is -1.30. The number of quaternary nitrogens is 1. The second-order valence-electron chi connectivity index (χ2n) is 1.04. The zero-order valence-electron chi connectivity index (χ0n) is 3.17. The van der Waals surface area contributed by atoms with Gasteiger partial charge in [-0.15, -0.1) is 0 Å². The molecule has 1 rings (SSSR count). The minimum atomic E-state index is -1.11. The first kappa shape index (κ1) is 3.97. The van der Waals surface area contributed by atoms with Crippen LogP contribution in [0.1, 0.15) is 0 Å². The Balaban J connectivity index is 2.31. The van der Waals surface area contributed by atoms with Crippen LogP contribution in [-0.2, 0) is 9.88 Å². The minimum absolute atomic E-state index is 1.11. The summed E-state index contributed by atoms with van der Waals surface area (Å²) < 4.78 is 0. The highest BCUT2D eigenvalue weighted by atomic mass is 17.4. The van der Waals surface area contributed by atoms with E-state index in [1.807, 2.05) is 5.64 Å². The molecule has 0 aromatic carbocycles. The molecule has 0 amide bonds. The number of hydrogen-bond donors (Lipinski definition) is 1. The molecule has 0 aliphatic carbocycles. The molecule has 1 fully saturated rings. The lowest BCUT2D eigenvalue weighted by Crippen LogP contribution is -2.56. The van der Waals surface area contributed by atoms with Gasteiger partial charge in [-0.1, -0.05) is 0 Å². The van der Waals surface area contributed by atoms with Crippen LogP contribution < -0.4 is 5.64 Å². The Labute approximate surface area is 34.0 Å². The van der Waals surface area contributed by atoms with Gasteiger partial charge in [0.15, 0.2) is 0 Å². The predicted octanol–water partition coefficient (Wildman–Crippen LogP) is -0.773. The summed E-state index contributed by atoms with van der Waals surface area (Å²) in [6, 6.07) is 0. The Kier molecular flexibility index (Phi) is 0.593. The van der Waals surface area contributed by atoms with E-state index in [1.54, 1.807) is 0 Å². The van der Waals surface area contributed by atoms with Gasteiger partial charge >= 0.3 is 0 Å². The zero-order valence-corrected chi connectivity index (χ0v) is 3.17. The van der Waals surface area contributed by atoms with Gasteiger partial charge in [0.2, 0.25) is 0 Å². The third kappa shape index (κ3) is 0.490. The summed E-state index contributed by atoms with van der Waals surface area (Å²) in [5, 5.41) is 9.99. The Morgan fingerprint density at radius 2 is 2.00 bits per heavy atom. The van der Waals surface area contributed by atoms with E-state index in [4.69, 9.17) is 0 Å². The van der Waals surface area contributed by atoms with Crippen molar-refractivity contribution in [2.75, 3.05) is 7.05 Å². The smallest absolute Gasteiger partial charge is 0.136 e. The van der Waals surface area contributed by atoms with Crippen LogP contribution >= 0.6 is 0 Å². The normalized spacial score (nSPS) is 29.0. The highest BCUT2D eigenvalue weighted by Crippen LogP contribution is 2.05. The summed E-state index contributed by atoms with van der Waals surface area (Å²) in [5.74, 6) is 0. The SMILES string of the molecule is C[N+]1([O-])ONO1. The van der Waals surface area contributed by atoms with E-state index in [9.17, 15) is 5.21 Å². The van der Waals surface area contributed by atoms with E-state index in [-0.39, 0.29) is 0 Å². The fourth-order valence-corrected chi connectivity index (χ4v) is 0.142. The molecule has 0 atom stereocenters. The van der Waals surface area contributed by atoms with Crippen molar-refractivity contribution >= 4 is 0 Å². The summed E-state index contributed by atoms with van der Waals surface area (Å²) in [6.45, 7) is 0. The predicted molar refractivity (Wildman–Crippen MR) is 14.9 cm³/mol. The topological polar surface area (TPSA) is 53.5 Å². The van der Waals surface area contributed by atoms with Gasteiger partial charge in [-0.3, -0.25) is 0 Å². The number of rotatable bonds is 0. The van der Waals surface area contributed by atoms with Crippen LogP contribution in [-0.4, -0.2) is 12.0 Å². The lowest BCUT2D eigenvalue weighted by Gasteiger charge is -2.35. The van der Waals surface area contributed by atoms with E-state index in [2.05, 4.69) is 9.88 Å². The molecule has 5 heteroatoms. The van der Waals surface area contributed by atoms with Gasteiger partial charge in [-0.2, -0.15) is 0 Å². The Bertz CT molecular complexity index is 55.8. The molecular weight excluding hydrogens is 88.0 g/mol. The largest absolute Gasteiger partial charge is 0.561 e. The molecule has 0 radical (unpaired) electrons. The second-order valence-corrected chi connectivity index (χ2v) is 1.04. The molecule has 5 nitrogen and oxygen atoms in total. The molecule has 0 unspecified atom stereocenters. The van der Waals surface area contributed by atoms with Crippen molar-refractivity contribution in [1.82, 2.24) is 5.64 Å². The van der Waals surface area contributed by atoms with Gasteiger partial charge in [0.1, 0.15) is 7.05 Å². The van der Waals surface area contributed by atoms with Crippen LogP contribution in [0.3, 0.4) is 0 Å². The molecule has 1 heterocycles. The summed E-state index contributed by atoms with van der Waals surface area (Å²) >= 11 is 0. The summed E-state index contributed by atoms with van der Waals surface area (Å²) in [4.78, 5) is 6.94. The maximum absolute atomic E-state index is 9.99. The maximum atomic E-state index is 9.99. The highest BCUT2D eigenvalue weighted by molar-refractivity contribution is 3.95. The van der Waals surface area contributed by atoms with Crippen molar-refractivity contribution in [3.8, 4) is 0 Å².